The lowest BCUT2D eigenvalue weighted by Crippen LogP contribution is -2.50. The summed E-state index contributed by atoms with van der Waals surface area (Å²) in [5.41, 5.74) is 2.56. The smallest absolute Gasteiger partial charge is 0.254 e. The molecule has 34 heavy (non-hydrogen) atoms. The zero-order chi connectivity index (χ0) is 23.7. The average Bonchev–Trinajstić information content (AvgIpc) is 3.24. The van der Waals surface area contributed by atoms with E-state index in [4.69, 9.17) is 4.74 Å². The van der Waals surface area contributed by atoms with Crippen LogP contribution in [0.4, 0.5) is 0 Å². The molecule has 3 amide bonds. The topological polar surface area (TPSA) is 70.2 Å². The van der Waals surface area contributed by atoms with E-state index in [1.807, 2.05) is 39.0 Å². The Hall–Kier alpha value is -3.35. The molecular weight excluding hydrogens is 430 g/mol. The zero-order valence-electron chi connectivity index (χ0n) is 19.6. The van der Waals surface area contributed by atoms with Gasteiger partial charge in [-0.2, -0.15) is 0 Å². The van der Waals surface area contributed by atoms with Gasteiger partial charge in [0, 0.05) is 55.8 Å². The van der Waals surface area contributed by atoms with E-state index in [1.54, 1.807) is 31.4 Å². The fourth-order valence-electron chi connectivity index (χ4n) is 5.47. The maximum atomic E-state index is 13.2. The largest absolute Gasteiger partial charge is 0.497 e. The van der Waals surface area contributed by atoms with Crippen molar-refractivity contribution in [2.75, 3.05) is 33.3 Å². The molecule has 2 fully saturated rings. The predicted molar refractivity (Wildman–Crippen MR) is 128 cm³/mol. The third-order valence-electron chi connectivity index (χ3n) is 7.53. The Morgan fingerprint density at radius 3 is 2.15 bits per heavy atom. The summed E-state index contributed by atoms with van der Waals surface area (Å²) in [5, 5.41) is 0. The van der Waals surface area contributed by atoms with Crippen LogP contribution in [-0.2, 0) is 11.3 Å². The van der Waals surface area contributed by atoms with Crippen molar-refractivity contribution in [2.45, 2.75) is 38.3 Å². The first-order valence-electron chi connectivity index (χ1n) is 12.2. The van der Waals surface area contributed by atoms with Gasteiger partial charge in [-0.15, -0.1) is 0 Å². The minimum Gasteiger partial charge on any atom is -0.497 e. The van der Waals surface area contributed by atoms with Crippen LogP contribution >= 0.6 is 0 Å². The van der Waals surface area contributed by atoms with Crippen LogP contribution < -0.4 is 4.74 Å². The molecule has 0 spiro atoms. The third kappa shape index (κ3) is 4.27. The quantitative estimate of drug-likeness (QED) is 0.701. The molecule has 2 saturated heterocycles. The van der Waals surface area contributed by atoms with E-state index in [2.05, 4.69) is 0 Å². The van der Waals surface area contributed by atoms with E-state index >= 15 is 0 Å². The van der Waals surface area contributed by atoms with E-state index in [1.165, 1.54) is 0 Å². The molecule has 0 saturated carbocycles. The van der Waals surface area contributed by atoms with Gasteiger partial charge in [0.05, 0.1) is 7.11 Å². The maximum Gasteiger partial charge on any atom is 0.254 e. The van der Waals surface area contributed by atoms with Crippen molar-refractivity contribution in [1.29, 1.82) is 0 Å². The second-order valence-corrected chi connectivity index (χ2v) is 9.44. The second kappa shape index (κ2) is 9.49. The number of hydrogen-bond acceptors (Lipinski definition) is 4. The minimum atomic E-state index is -0.0332. The lowest BCUT2D eigenvalue weighted by molar-refractivity contribution is -0.138. The number of carbonyl (C=O) groups is 3. The molecule has 3 aliphatic heterocycles. The van der Waals surface area contributed by atoms with Crippen LogP contribution in [0.2, 0.25) is 0 Å². The molecule has 3 aliphatic rings. The summed E-state index contributed by atoms with van der Waals surface area (Å²) in [6.45, 7) is 3.24. The lowest BCUT2D eigenvalue weighted by Gasteiger charge is -2.39. The first-order valence-corrected chi connectivity index (χ1v) is 12.2. The molecule has 0 radical (unpaired) electrons. The number of hydrogen-bond donors (Lipinski definition) is 0. The van der Waals surface area contributed by atoms with Crippen molar-refractivity contribution in [1.82, 2.24) is 14.7 Å². The normalized spacial score (nSPS) is 19.3. The Morgan fingerprint density at radius 1 is 0.853 bits per heavy atom. The Labute approximate surface area is 200 Å². The van der Waals surface area contributed by atoms with Crippen molar-refractivity contribution in [3.63, 3.8) is 0 Å². The predicted octanol–water partition coefficient (Wildman–Crippen LogP) is 3.19. The highest BCUT2D eigenvalue weighted by molar-refractivity contribution is 5.98. The average molecular weight is 462 g/mol. The van der Waals surface area contributed by atoms with Gasteiger partial charge in [0.25, 0.3) is 11.8 Å². The second-order valence-electron chi connectivity index (χ2n) is 9.44. The Balaban J connectivity index is 1.11. The van der Waals surface area contributed by atoms with Crippen LogP contribution in [0.1, 0.15) is 52.0 Å². The molecule has 0 aliphatic carbocycles. The molecule has 3 heterocycles. The molecule has 178 valence electrons. The summed E-state index contributed by atoms with van der Waals surface area (Å²) < 4.78 is 5.16. The first kappa shape index (κ1) is 22.4. The van der Waals surface area contributed by atoms with Gasteiger partial charge in [-0.1, -0.05) is 18.2 Å². The number of benzene rings is 2. The van der Waals surface area contributed by atoms with Crippen LogP contribution in [0.3, 0.4) is 0 Å². The highest BCUT2D eigenvalue weighted by atomic mass is 16.5. The Kier molecular flexibility index (Phi) is 6.26. The number of amides is 3. The molecule has 0 aromatic heterocycles. The van der Waals surface area contributed by atoms with Crippen molar-refractivity contribution in [3.8, 4) is 5.75 Å². The van der Waals surface area contributed by atoms with Gasteiger partial charge in [0.2, 0.25) is 5.91 Å². The van der Waals surface area contributed by atoms with E-state index in [0.29, 0.717) is 51.1 Å². The summed E-state index contributed by atoms with van der Waals surface area (Å²) >= 11 is 0. The lowest BCUT2D eigenvalue weighted by atomic mass is 9.93. The molecule has 7 nitrogen and oxygen atoms in total. The van der Waals surface area contributed by atoms with E-state index in [9.17, 15) is 14.4 Å². The Morgan fingerprint density at radius 2 is 1.50 bits per heavy atom. The number of piperidine rings is 2. The minimum absolute atomic E-state index is 0.00523. The Bertz CT molecular complexity index is 1070. The summed E-state index contributed by atoms with van der Waals surface area (Å²) in [6, 6.07) is 15.2. The number of ether oxygens (including phenoxy) is 1. The van der Waals surface area contributed by atoms with E-state index < -0.39 is 0 Å². The van der Waals surface area contributed by atoms with Gasteiger partial charge >= 0.3 is 0 Å². The summed E-state index contributed by atoms with van der Waals surface area (Å²) in [4.78, 5) is 44.6. The fourth-order valence-corrected chi connectivity index (χ4v) is 5.47. The van der Waals surface area contributed by atoms with E-state index in [-0.39, 0.29) is 29.7 Å². The van der Waals surface area contributed by atoms with Crippen molar-refractivity contribution in [2.24, 2.45) is 5.92 Å². The molecule has 5 rings (SSSR count). The van der Waals surface area contributed by atoms with Gasteiger partial charge in [-0.25, -0.2) is 0 Å². The van der Waals surface area contributed by atoms with Crippen LogP contribution in [0.15, 0.2) is 48.5 Å². The first-order chi connectivity index (χ1) is 16.5. The molecule has 0 N–H and O–H groups in total. The maximum absolute atomic E-state index is 13.2. The summed E-state index contributed by atoms with van der Waals surface area (Å²) in [6.07, 6.45) is 3.03. The molecule has 2 aromatic carbocycles. The number of rotatable bonds is 4. The van der Waals surface area contributed by atoms with Crippen molar-refractivity contribution in [3.05, 3.63) is 65.2 Å². The van der Waals surface area contributed by atoms with Gasteiger partial charge in [0.1, 0.15) is 5.75 Å². The van der Waals surface area contributed by atoms with Crippen LogP contribution in [0.25, 0.3) is 0 Å². The molecular formula is C27H31N3O4. The van der Waals surface area contributed by atoms with Crippen LogP contribution in [-0.4, -0.2) is 71.8 Å². The van der Waals surface area contributed by atoms with Crippen molar-refractivity contribution < 1.29 is 19.1 Å². The third-order valence-corrected chi connectivity index (χ3v) is 7.53. The van der Waals surface area contributed by atoms with Gasteiger partial charge in [-0.3, -0.25) is 14.4 Å². The van der Waals surface area contributed by atoms with Gasteiger partial charge in [-0.05, 0) is 61.6 Å². The standard InChI is InChI=1S/C27H31N3O4/c1-34-23-8-6-19(7-9-23)25(31)28-14-10-20(11-15-28)26(32)29-16-12-22(13-17-29)30-18-21-4-2-3-5-24(21)27(30)33/h2-9,20,22H,10-18H2,1H3. The molecule has 7 heteroatoms. The molecule has 0 bridgehead atoms. The highest BCUT2D eigenvalue weighted by Crippen LogP contribution is 2.30. The number of likely N-dealkylation sites (tertiary alicyclic amines) is 2. The fraction of sp³-hybridized carbons (Fsp3) is 0.444. The van der Waals surface area contributed by atoms with Crippen molar-refractivity contribution >= 4 is 17.7 Å². The van der Waals surface area contributed by atoms with Gasteiger partial charge < -0.3 is 19.4 Å². The summed E-state index contributed by atoms with van der Waals surface area (Å²) in [7, 11) is 1.60. The number of methoxy groups -OCH3 is 1. The number of carbonyl (C=O) groups excluding carboxylic acids is 3. The molecule has 2 aromatic rings. The molecule has 0 unspecified atom stereocenters. The number of nitrogens with zero attached hydrogens (tertiary/aromatic N) is 3. The SMILES string of the molecule is COc1ccc(C(=O)N2CCC(C(=O)N3CCC(N4Cc5ccccc5C4=O)CC3)CC2)cc1. The zero-order valence-corrected chi connectivity index (χ0v) is 19.6. The van der Waals surface area contributed by atoms with Crippen LogP contribution in [0, 0.1) is 5.92 Å². The monoisotopic (exact) mass is 461 g/mol. The van der Waals surface area contributed by atoms with Crippen LogP contribution in [0.5, 0.6) is 5.75 Å². The highest BCUT2D eigenvalue weighted by Gasteiger charge is 2.37. The summed E-state index contributed by atoms with van der Waals surface area (Å²) in [5.74, 6) is 1.02. The number of fused-ring (bicyclic) bond motifs is 1. The molecule has 0 atom stereocenters. The van der Waals surface area contributed by atoms with E-state index in [0.717, 1.165) is 29.7 Å². The van der Waals surface area contributed by atoms with Gasteiger partial charge in [0.15, 0.2) is 0 Å².